The molecule has 0 saturated carbocycles. The zero-order chi connectivity index (χ0) is 17.6. The zero-order valence-electron chi connectivity index (χ0n) is 14.4. The summed E-state index contributed by atoms with van der Waals surface area (Å²) < 4.78 is 13.7. The highest BCUT2D eigenvalue weighted by Crippen LogP contribution is 2.28. The van der Waals surface area contributed by atoms with Crippen LogP contribution in [0.3, 0.4) is 0 Å². The molecule has 0 aromatic heterocycles. The summed E-state index contributed by atoms with van der Waals surface area (Å²) in [6.45, 7) is 4.05. The van der Waals surface area contributed by atoms with Gasteiger partial charge < -0.3 is 10.6 Å². The van der Waals surface area contributed by atoms with Crippen LogP contribution < -0.4 is 10.6 Å². The van der Waals surface area contributed by atoms with Crippen molar-refractivity contribution in [1.82, 2.24) is 10.2 Å². The SMILES string of the molecule is C[C@@H](NC(=O)Nc1ccccc1F)[C@H](c1ccccc1)N1CCCC1. The van der Waals surface area contributed by atoms with Gasteiger partial charge in [0.25, 0.3) is 0 Å². The van der Waals surface area contributed by atoms with Crippen LogP contribution in [0.4, 0.5) is 14.9 Å². The normalized spacial score (nSPS) is 17.0. The van der Waals surface area contributed by atoms with E-state index in [1.165, 1.54) is 24.5 Å². The Morgan fingerprint density at radius 3 is 2.36 bits per heavy atom. The number of anilines is 1. The van der Waals surface area contributed by atoms with E-state index in [2.05, 4.69) is 27.7 Å². The minimum absolute atomic E-state index is 0.104. The van der Waals surface area contributed by atoms with E-state index in [1.54, 1.807) is 18.2 Å². The second-order valence-electron chi connectivity index (χ2n) is 6.47. The first kappa shape index (κ1) is 17.4. The molecule has 2 amide bonds. The lowest BCUT2D eigenvalue weighted by atomic mass is 9.99. The first-order valence-electron chi connectivity index (χ1n) is 8.76. The van der Waals surface area contributed by atoms with Gasteiger partial charge in [-0.15, -0.1) is 0 Å². The van der Waals surface area contributed by atoms with Gasteiger partial charge in [-0.05, 0) is 50.6 Å². The van der Waals surface area contributed by atoms with Crippen molar-refractivity contribution in [2.45, 2.75) is 31.8 Å². The fourth-order valence-electron chi connectivity index (χ4n) is 3.49. The van der Waals surface area contributed by atoms with Crippen LogP contribution in [0.15, 0.2) is 54.6 Å². The number of hydrogen-bond donors (Lipinski definition) is 2. The monoisotopic (exact) mass is 341 g/mol. The molecule has 2 aromatic carbocycles. The summed E-state index contributed by atoms with van der Waals surface area (Å²) in [6.07, 6.45) is 2.36. The van der Waals surface area contributed by atoms with Crippen LogP contribution in [-0.4, -0.2) is 30.1 Å². The molecule has 132 valence electrons. The summed E-state index contributed by atoms with van der Waals surface area (Å²) in [5, 5.41) is 5.57. The van der Waals surface area contributed by atoms with Crippen LogP contribution in [0.1, 0.15) is 31.4 Å². The van der Waals surface area contributed by atoms with Crippen molar-refractivity contribution in [3.05, 3.63) is 66.0 Å². The topological polar surface area (TPSA) is 44.4 Å². The maximum absolute atomic E-state index is 13.7. The number of carbonyl (C=O) groups excluding carboxylic acids is 1. The number of rotatable bonds is 5. The smallest absolute Gasteiger partial charge is 0.319 e. The summed E-state index contributed by atoms with van der Waals surface area (Å²) in [5.74, 6) is -0.440. The number of nitrogens with one attached hydrogen (secondary N) is 2. The molecule has 3 rings (SSSR count). The van der Waals surface area contributed by atoms with Gasteiger partial charge in [-0.25, -0.2) is 9.18 Å². The molecule has 5 heteroatoms. The first-order chi connectivity index (χ1) is 12.1. The highest BCUT2D eigenvalue weighted by Gasteiger charge is 2.29. The van der Waals surface area contributed by atoms with E-state index in [4.69, 9.17) is 0 Å². The minimum atomic E-state index is -0.440. The van der Waals surface area contributed by atoms with Gasteiger partial charge in [-0.3, -0.25) is 4.90 Å². The van der Waals surface area contributed by atoms with Gasteiger partial charge in [0.1, 0.15) is 5.82 Å². The van der Waals surface area contributed by atoms with E-state index in [0.717, 1.165) is 13.1 Å². The molecule has 1 fully saturated rings. The van der Waals surface area contributed by atoms with E-state index in [9.17, 15) is 9.18 Å². The molecule has 0 unspecified atom stereocenters. The van der Waals surface area contributed by atoms with Crippen molar-refractivity contribution in [2.75, 3.05) is 18.4 Å². The van der Waals surface area contributed by atoms with Gasteiger partial charge in [-0.1, -0.05) is 42.5 Å². The molecule has 4 nitrogen and oxygen atoms in total. The largest absolute Gasteiger partial charge is 0.333 e. The van der Waals surface area contributed by atoms with Crippen molar-refractivity contribution in [1.29, 1.82) is 0 Å². The van der Waals surface area contributed by atoms with Crippen LogP contribution in [0, 0.1) is 5.82 Å². The van der Waals surface area contributed by atoms with Crippen LogP contribution in [0.2, 0.25) is 0 Å². The Kier molecular flexibility index (Phi) is 5.66. The van der Waals surface area contributed by atoms with E-state index in [1.807, 2.05) is 25.1 Å². The minimum Gasteiger partial charge on any atom is -0.333 e. The van der Waals surface area contributed by atoms with Gasteiger partial charge in [0.05, 0.1) is 11.7 Å². The first-order valence-corrected chi connectivity index (χ1v) is 8.76. The van der Waals surface area contributed by atoms with Crippen LogP contribution in [0.25, 0.3) is 0 Å². The zero-order valence-corrected chi connectivity index (χ0v) is 14.4. The molecule has 2 atom stereocenters. The molecule has 1 saturated heterocycles. The Hall–Kier alpha value is -2.40. The number of hydrogen-bond acceptors (Lipinski definition) is 2. The van der Waals surface area contributed by atoms with Gasteiger partial charge in [0.15, 0.2) is 0 Å². The summed E-state index contributed by atoms with van der Waals surface area (Å²) in [5.41, 5.74) is 1.37. The second-order valence-corrected chi connectivity index (χ2v) is 6.47. The summed E-state index contributed by atoms with van der Waals surface area (Å²) in [7, 11) is 0. The third-order valence-corrected chi connectivity index (χ3v) is 4.63. The Morgan fingerprint density at radius 1 is 1.04 bits per heavy atom. The number of likely N-dealkylation sites (tertiary alicyclic amines) is 1. The average Bonchev–Trinajstić information content (AvgIpc) is 3.12. The van der Waals surface area contributed by atoms with Crippen molar-refractivity contribution < 1.29 is 9.18 Å². The number of amides is 2. The van der Waals surface area contributed by atoms with E-state index in [-0.39, 0.29) is 17.8 Å². The van der Waals surface area contributed by atoms with Crippen LogP contribution in [0.5, 0.6) is 0 Å². The average molecular weight is 341 g/mol. The quantitative estimate of drug-likeness (QED) is 0.857. The van der Waals surface area contributed by atoms with E-state index >= 15 is 0 Å². The molecule has 0 spiro atoms. The van der Waals surface area contributed by atoms with Gasteiger partial charge in [0.2, 0.25) is 0 Å². The molecule has 25 heavy (non-hydrogen) atoms. The number of halogens is 1. The third-order valence-electron chi connectivity index (χ3n) is 4.63. The number of para-hydroxylation sites is 1. The van der Waals surface area contributed by atoms with E-state index < -0.39 is 11.8 Å². The molecule has 0 aliphatic carbocycles. The number of benzene rings is 2. The molecule has 1 aliphatic rings. The van der Waals surface area contributed by atoms with Crippen molar-refractivity contribution in [2.24, 2.45) is 0 Å². The summed E-state index contributed by atoms with van der Waals surface area (Å²) >= 11 is 0. The van der Waals surface area contributed by atoms with Gasteiger partial charge >= 0.3 is 6.03 Å². The molecule has 0 radical (unpaired) electrons. The van der Waals surface area contributed by atoms with Crippen molar-refractivity contribution >= 4 is 11.7 Å². The van der Waals surface area contributed by atoms with Gasteiger partial charge in [0, 0.05) is 6.04 Å². The molecule has 1 heterocycles. The molecule has 2 aromatic rings. The molecular weight excluding hydrogens is 317 g/mol. The Balaban J connectivity index is 1.70. The van der Waals surface area contributed by atoms with Crippen LogP contribution in [-0.2, 0) is 0 Å². The number of nitrogens with zero attached hydrogens (tertiary/aromatic N) is 1. The summed E-state index contributed by atoms with van der Waals surface area (Å²) in [4.78, 5) is 14.7. The lowest BCUT2D eigenvalue weighted by Gasteiger charge is -2.33. The summed E-state index contributed by atoms with van der Waals surface area (Å²) in [6, 6.07) is 16.0. The lowest BCUT2D eigenvalue weighted by molar-refractivity contribution is 0.197. The van der Waals surface area contributed by atoms with E-state index in [0.29, 0.717) is 0 Å². The van der Waals surface area contributed by atoms with Crippen LogP contribution >= 0.6 is 0 Å². The second kappa shape index (κ2) is 8.12. The third kappa shape index (κ3) is 4.37. The highest BCUT2D eigenvalue weighted by atomic mass is 19.1. The standard InChI is InChI=1S/C20H24FN3O/c1-15(22-20(25)23-18-12-6-5-11-17(18)21)19(24-13-7-8-14-24)16-9-3-2-4-10-16/h2-6,9-12,15,19H,7-8,13-14H2,1H3,(H2,22,23,25)/t15-,19-/m1/s1. The maximum Gasteiger partial charge on any atom is 0.319 e. The number of carbonyl (C=O) groups is 1. The fourth-order valence-corrected chi connectivity index (χ4v) is 3.49. The lowest BCUT2D eigenvalue weighted by Crippen LogP contribution is -2.45. The Morgan fingerprint density at radius 2 is 1.68 bits per heavy atom. The highest BCUT2D eigenvalue weighted by molar-refractivity contribution is 5.89. The molecule has 1 aliphatic heterocycles. The maximum atomic E-state index is 13.7. The predicted molar refractivity (Wildman–Crippen MR) is 98.0 cm³/mol. The predicted octanol–water partition coefficient (Wildman–Crippen LogP) is 4.17. The van der Waals surface area contributed by atoms with Crippen molar-refractivity contribution in [3.63, 3.8) is 0 Å². The fraction of sp³-hybridized carbons (Fsp3) is 0.350. The molecule has 2 N–H and O–H groups in total. The molecular formula is C20H24FN3O. The Labute approximate surface area is 148 Å². The van der Waals surface area contributed by atoms with Crippen molar-refractivity contribution in [3.8, 4) is 0 Å². The number of urea groups is 1. The Bertz CT molecular complexity index is 701. The molecule has 0 bridgehead atoms. The van der Waals surface area contributed by atoms with Gasteiger partial charge in [-0.2, -0.15) is 0 Å².